The van der Waals surface area contributed by atoms with E-state index in [4.69, 9.17) is 27.9 Å². The number of carboxylic acid groups (broad SMARTS) is 1. The number of likely N-dealkylation sites (tertiary alicyclic amines) is 1. The molecule has 9 heteroatoms. The lowest BCUT2D eigenvalue weighted by atomic mass is 9.74. The smallest absolute Gasteiger partial charge is 0.309 e. The number of halogens is 3. The summed E-state index contributed by atoms with van der Waals surface area (Å²) in [5.74, 6) is 5.33. The SMILES string of the molecule is COc1ccc2ncc(Cl)c([C@@H](O)CCC3(C(=O)O)CCN(CC#Cc4ccc(F)cc4Cl)CC3)c2c1. The van der Waals surface area contributed by atoms with Crippen LogP contribution >= 0.6 is 23.2 Å². The molecule has 2 heterocycles. The van der Waals surface area contributed by atoms with Crippen molar-refractivity contribution in [3.63, 3.8) is 0 Å². The van der Waals surface area contributed by atoms with Gasteiger partial charge in [0.1, 0.15) is 11.6 Å². The molecule has 3 aromatic rings. The topological polar surface area (TPSA) is 82.9 Å². The van der Waals surface area contributed by atoms with E-state index in [9.17, 15) is 19.4 Å². The molecule has 6 nitrogen and oxygen atoms in total. The second-order valence-corrected chi connectivity index (χ2v) is 10.1. The number of methoxy groups -OCH3 is 1. The maximum absolute atomic E-state index is 13.2. The molecule has 1 atom stereocenters. The molecule has 1 aromatic heterocycles. The standard InChI is InChI=1S/C28H27Cl2FN2O4/c1-37-20-6-7-24-21(16-20)26(23(30)17-32-24)25(34)8-9-28(27(35)36)10-13-33(14-11-28)12-2-3-18-4-5-19(31)15-22(18)29/h4-7,15-17,25,34H,8-14H2,1H3,(H,35,36)/t25-/m0/s1. The minimum atomic E-state index is -0.953. The Balaban J connectivity index is 1.41. The summed E-state index contributed by atoms with van der Waals surface area (Å²) in [7, 11) is 1.56. The molecule has 4 rings (SSSR count). The average molecular weight is 545 g/mol. The molecule has 1 aliphatic heterocycles. The largest absolute Gasteiger partial charge is 0.497 e. The maximum atomic E-state index is 13.2. The Morgan fingerprint density at radius 1 is 1.22 bits per heavy atom. The van der Waals surface area contributed by atoms with Gasteiger partial charge >= 0.3 is 5.97 Å². The number of rotatable bonds is 7. The summed E-state index contributed by atoms with van der Waals surface area (Å²) in [6.45, 7) is 1.57. The van der Waals surface area contributed by atoms with E-state index in [2.05, 4.69) is 21.7 Å². The number of hydrogen-bond donors (Lipinski definition) is 2. The van der Waals surface area contributed by atoms with Gasteiger partial charge in [0.05, 0.1) is 40.7 Å². The maximum Gasteiger partial charge on any atom is 0.309 e. The summed E-state index contributed by atoms with van der Waals surface area (Å²) in [6, 6.07) is 9.42. The number of benzene rings is 2. The molecule has 2 aromatic carbocycles. The normalized spacial score (nSPS) is 16.1. The Morgan fingerprint density at radius 3 is 2.65 bits per heavy atom. The molecule has 0 radical (unpaired) electrons. The minimum absolute atomic E-state index is 0.241. The number of aliphatic hydroxyl groups is 1. The van der Waals surface area contributed by atoms with Crippen molar-refractivity contribution < 1.29 is 24.1 Å². The Hall–Kier alpha value is -2.89. The summed E-state index contributed by atoms with van der Waals surface area (Å²) < 4.78 is 18.5. The van der Waals surface area contributed by atoms with Crippen molar-refractivity contribution in [3.05, 3.63) is 69.6 Å². The van der Waals surface area contributed by atoms with Crippen LogP contribution in [0.15, 0.2) is 42.6 Å². The van der Waals surface area contributed by atoms with E-state index in [1.807, 2.05) is 0 Å². The number of hydrogen-bond acceptors (Lipinski definition) is 5. The van der Waals surface area contributed by atoms with E-state index in [1.54, 1.807) is 25.3 Å². The number of piperidine rings is 1. The lowest BCUT2D eigenvalue weighted by Gasteiger charge is -2.38. The molecule has 2 N–H and O–H groups in total. The van der Waals surface area contributed by atoms with Crippen molar-refractivity contribution in [2.45, 2.75) is 31.8 Å². The zero-order valence-electron chi connectivity index (χ0n) is 20.3. The zero-order valence-corrected chi connectivity index (χ0v) is 21.8. The quantitative estimate of drug-likeness (QED) is 0.370. The fourth-order valence-corrected chi connectivity index (χ4v) is 5.23. The van der Waals surface area contributed by atoms with Crippen LogP contribution in [0.2, 0.25) is 10.0 Å². The van der Waals surface area contributed by atoms with Gasteiger partial charge in [-0.05, 0) is 62.1 Å². The van der Waals surface area contributed by atoms with Crippen molar-refractivity contribution in [1.29, 1.82) is 0 Å². The van der Waals surface area contributed by atoms with Crippen LogP contribution in [0.4, 0.5) is 4.39 Å². The van der Waals surface area contributed by atoms with Gasteiger partial charge in [-0.1, -0.05) is 35.0 Å². The molecular weight excluding hydrogens is 518 g/mol. The summed E-state index contributed by atoms with van der Waals surface area (Å²) in [6.07, 6.45) is 1.97. The van der Waals surface area contributed by atoms with Crippen LogP contribution in [-0.4, -0.2) is 52.8 Å². The molecule has 0 amide bonds. The fraction of sp³-hybridized carbons (Fsp3) is 0.357. The third kappa shape index (κ3) is 6.16. The molecule has 0 saturated carbocycles. The summed E-state index contributed by atoms with van der Waals surface area (Å²) in [5.41, 5.74) is 0.800. The van der Waals surface area contributed by atoms with Gasteiger partial charge in [-0.3, -0.25) is 14.7 Å². The second-order valence-electron chi connectivity index (χ2n) is 9.24. The van der Waals surface area contributed by atoms with Gasteiger partial charge in [0.25, 0.3) is 0 Å². The first-order valence-electron chi connectivity index (χ1n) is 11.9. The van der Waals surface area contributed by atoms with Crippen LogP contribution < -0.4 is 4.74 Å². The average Bonchev–Trinajstić information content (AvgIpc) is 2.88. The first-order chi connectivity index (χ1) is 17.7. The van der Waals surface area contributed by atoms with Gasteiger partial charge in [0.15, 0.2) is 0 Å². The Labute approximate surface area is 225 Å². The number of pyridine rings is 1. The predicted octanol–water partition coefficient (Wildman–Crippen LogP) is 5.72. The Kier molecular flexibility index (Phi) is 8.56. The molecule has 37 heavy (non-hydrogen) atoms. The second kappa shape index (κ2) is 11.7. The Bertz CT molecular complexity index is 1360. The van der Waals surface area contributed by atoms with Crippen molar-refractivity contribution in [3.8, 4) is 17.6 Å². The highest BCUT2D eigenvalue weighted by molar-refractivity contribution is 6.32. The zero-order chi connectivity index (χ0) is 26.6. The van der Waals surface area contributed by atoms with Crippen molar-refractivity contribution in [1.82, 2.24) is 9.88 Å². The van der Waals surface area contributed by atoms with Crippen LogP contribution in [0.25, 0.3) is 10.9 Å². The lowest BCUT2D eigenvalue weighted by molar-refractivity contribution is -0.153. The highest BCUT2D eigenvalue weighted by Crippen LogP contribution is 2.41. The highest BCUT2D eigenvalue weighted by atomic mass is 35.5. The van der Waals surface area contributed by atoms with Crippen molar-refractivity contribution in [2.75, 3.05) is 26.7 Å². The first kappa shape index (κ1) is 27.2. The van der Waals surface area contributed by atoms with Gasteiger partial charge in [0.2, 0.25) is 0 Å². The van der Waals surface area contributed by atoms with Gasteiger partial charge in [0, 0.05) is 35.8 Å². The number of carbonyl (C=O) groups is 1. The monoisotopic (exact) mass is 544 g/mol. The van der Waals surface area contributed by atoms with Gasteiger partial charge in [-0.25, -0.2) is 4.39 Å². The van der Waals surface area contributed by atoms with E-state index in [0.29, 0.717) is 71.7 Å². The summed E-state index contributed by atoms with van der Waals surface area (Å²) in [5, 5.41) is 22.5. The molecule has 0 unspecified atom stereocenters. The number of aliphatic hydroxyl groups excluding tert-OH is 1. The fourth-order valence-electron chi connectivity index (χ4n) is 4.74. The van der Waals surface area contributed by atoms with E-state index in [1.165, 1.54) is 24.4 Å². The number of aliphatic carboxylic acids is 1. The summed E-state index contributed by atoms with van der Waals surface area (Å²) in [4.78, 5) is 18.7. The minimum Gasteiger partial charge on any atom is -0.497 e. The number of fused-ring (bicyclic) bond motifs is 1. The van der Waals surface area contributed by atoms with Crippen LogP contribution in [0, 0.1) is 23.1 Å². The van der Waals surface area contributed by atoms with E-state index in [0.717, 1.165) is 0 Å². The van der Waals surface area contributed by atoms with E-state index in [-0.39, 0.29) is 11.4 Å². The first-order valence-corrected chi connectivity index (χ1v) is 12.7. The molecule has 194 valence electrons. The highest BCUT2D eigenvalue weighted by Gasteiger charge is 2.41. The Morgan fingerprint density at radius 2 is 1.97 bits per heavy atom. The number of aromatic nitrogens is 1. The molecule has 0 aliphatic carbocycles. The number of nitrogens with zero attached hydrogens (tertiary/aromatic N) is 2. The number of ether oxygens (including phenoxy) is 1. The van der Waals surface area contributed by atoms with Gasteiger partial charge in [-0.2, -0.15) is 0 Å². The van der Waals surface area contributed by atoms with Crippen LogP contribution in [-0.2, 0) is 4.79 Å². The van der Waals surface area contributed by atoms with Crippen molar-refractivity contribution in [2.24, 2.45) is 5.41 Å². The van der Waals surface area contributed by atoms with Crippen LogP contribution in [0.5, 0.6) is 5.75 Å². The molecule has 1 fully saturated rings. The third-order valence-electron chi connectivity index (χ3n) is 7.02. The molecule has 1 aliphatic rings. The molecule has 0 spiro atoms. The molecule has 0 bridgehead atoms. The molecule has 1 saturated heterocycles. The van der Waals surface area contributed by atoms with Crippen LogP contribution in [0.1, 0.15) is 42.9 Å². The van der Waals surface area contributed by atoms with Crippen LogP contribution in [0.3, 0.4) is 0 Å². The summed E-state index contributed by atoms with van der Waals surface area (Å²) >= 11 is 12.4. The van der Waals surface area contributed by atoms with E-state index < -0.39 is 23.3 Å². The predicted molar refractivity (Wildman–Crippen MR) is 142 cm³/mol. The molecular formula is C28H27Cl2FN2O4. The van der Waals surface area contributed by atoms with Gasteiger partial charge < -0.3 is 14.9 Å². The van der Waals surface area contributed by atoms with E-state index >= 15 is 0 Å². The van der Waals surface area contributed by atoms with Crippen molar-refractivity contribution >= 4 is 40.1 Å². The lowest BCUT2D eigenvalue weighted by Crippen LogP contribution is -2.44. The third-order valence-corrected chi connectivity index (χ3v) is 7.64. The van der Waals surface area contributed by atoms with Gasteiger partial charge in [-0.15, -0.1) is 0 Å². The number of carboxylic acids is 1.